The van der Waals surface area contributed by atoms with Gasteiger partial charge in [0.15, 0.2) is 0 Å². The Morgan fingerprint density at radius 3 is 2.60 bits per heavy atom. The van der Waals surface area contributed by atoms with Crippen LogP contribution in [0.15, 0.2) is 48.5 Å². The van der Waals surface area contributed by atoms with E-state index in [1.807, 2.05) is 30.3 Å². The SMILES string of the molecule is COC(=O)c1ccc(N2CCc3cc4ccc(OC)cc4nc32)cc1. The van der Waals surface area contributed by atoms with Gasteiger partial charge in [-0.2, -0.15) is 0 Å². The highest BCUT2D eigenvalue weighted by Gasteiger charge is 2.23. The van der Waals surface area contributed by atoms with Crippen LogP contribution in [0, 0.1) is 0 Å². The molecule has 0 aliphatic carbocycles. The lowest BCUT2D eigenvalue weighted by Gasteiger charge is -2.19. The zero-order chi connectivity index (χ0) is 17.4. The monoisotopic (exact) mass is 334 g/mol. The number of aromatic nitrogens is 1. The number of benzene rings is 2. The maximum absolute atomic E-state index is 11.6. The number of hydrogen-bond donors (Lipinski definition) is 0. The summed E-state index contributed by atoms with van der Waals surface area (Å²) in [6, 6.07) is 15.6. The lowest BCUT2D eigenvalue weighted by atomic mass is 10.1. The van der Waals surface area contributed by atoms with Crippen molar-refractivity contribution in [2.24, 2.45) is 0 Å². The van der Waals surface area contributed by atoms with E-state index in [1.165, 1.54) is 12.7 Å². The normalized spacial score (nSPS) is 13.0. The average Bonchev–Trinajstić information content (AvgIpc) is 3.07. The molecule has 5 nitrogen and oxygen atoms in total. The largest absolute Gasteiger partial charge is 0.497 e. The number of anilines is 2. The molecule has 5 heteroatoms. The number of pyridine rings is 1. The summed E-state index contributed by atoms with van der Waals surface area (Å²) in [6.45, 7) is 0.868. The van der Waals surface area contributed by atoms with Crippen molar-refractivity contribution in [3.63, 3.8) is 0 Å². The first-order valence-corrected chi connectivity index (χ1v) is 8.13. The van der Waals surface area contributed by atoms with Crippen molar-refractivity contribution >= 4 is 28.4 Å². The number of esters is 1. The minimum absolute atomic E-state index is 0.329. The van der Waals surface area contributed by atoms with E-state index in [9.17, 15) is 4.79 Å². The zero-order valence-electron chi connectivity index (χ0n) is 14.2. The quantitative estimate of drug-likeness (QED) is 0.683. The van der Waals surface area contributed by atoms with E-state index in [0.29, 0.717) is 5.56 Å². The molecule has 1 aliphatic heterocycles. The van der Waals surface area contributed by atoms with E-state index in [0.717, 1.165) is 41.1 Å². The first-order valence-electron chi connectivity index (χ1n) is 8.13. The van der Waals surface area contributed by atoms with Crippen molar-refractivity contribution in [1.29, 1.82) is 0 Å². The fourth-order valence-corrected chi connectivity index (χ4v) is 3.21. The number of hydrogen-bond acceptors (Lipinski definition) is 5. The Balaban J connectivity index is 1.73. The Morgan fingerprint density at radius 2 is 1.88 bits per heavy atom. The lowest BCUT2D eigenvalue weighted by molar-refractivity contribution is 0.0601. The Labute approximate surface area is 145 Å². The number of carbonyl (C=O) groups excluding carboxylic acids is 1. The summed E-state index contributed by atoms with van der Waals surface area (Å²) in [5.41, 5.74) is 3.70. The van der Waals surface area contributed by atoms with E-state index in [1.54, 1.807) is 19.2 Å². The fraction of sp³-hybridized carbons (Fsp3) is 0.200. The van der Waals surface area contributed by atoms with Gasteiger partial charge in [-0.1, -0.05) is 0 Å². The Bertz CT molecular complexity index is 951. The number of carbonyl (C=O) groups is 1. The van der Waals surface area contributed by atoms with Gasteiger partial charge in [0.2, 0.25) is 0 Å². The van der Waals surface area contributed by atoms with Crippen molar-refractivity contribution in [2.45, 2.75) is 6.42 Å². The minimum Gasteiger partial charge on any atom is -0.497 e. The van der Waals surface area contributed by atoms with Crippen molar-refractivity contribution in [3.8, 4) is 5.75 Å². The molecule has 0 spiro atoms. The zero-order valence-corrected chi connectivity index (χ0v) is 14.2. The maximum atomic E-state index is 11.6. The summed E-state index contributed by atoms with van der Waals surface area (Å²) in [7, 11) is 3.04. The van der Waals surface area contributed by atoms with Gasteiger partial charge in [0, 0.05) is 23.7 Å². The van der Waals surface area contributed by atoms with Gasteiger partial charge in [-0.15, -0.1) is 0 Å². The molecule has 0 atom stereocenters. The van der Waals surface area contributed by atoms with Gasteiger partial charge in [-0.25, -0.2) is 9.78 Å². The second kappa shape index (κ2) is 6.09. The molecule has 0 unspecified atom stereocenters. The molecule has 0 saturated heterocycles. The van der Waals surface area contributed by atoms with Gasteiger partial charge in [-0.05, 0) is 54.4 Å². The summed E-state index contributed by atoms with van der Waals surface area (Å²) in [4.78, 5) is 18.6. The maximum Gasteiger partial charge on any atom is 0.337 e. The third-order valence-electron chi connectivity index (χ3n) is 4.54. The Morgan fingerprint density at radius 1 is 1.08 bits per heavy atom. The molecule has 0 radical (unpaired) electrons. The molecule has 2 aromatic carbocycles. The van der Waals surface area contributed by atoms with Crippen molar-refractivity contribution in [1.82, 2.24) is 4.98 Å². The molecule has 0 fully saturated rings. The van der Waals surface area contributed by atoms with Crippen LogP contribution in [0.1, 0.15) is 15.9 Å². The molecule has 0 bridgehead atoms. The third-order valence-corrected chi connectivity index (χ3v) is 4.54. The average molecular weight is 334 g/mol. The summed E-state index contributed by atoms with van der Waals surface area (Å²) >= 11 is 0. The molecule has 126 valence electrons. The van der Waals surface area contributed by atoms with Crippen molar-refractivity contribution in [3.05, 3.63) is 59.7 Å². The summed E-state index contributed by atoms with van der Waals surface area (Å²) in [6.07, 6.45) is 0.947. The third kappa shape index (κ3) is 2.67. The number of methoxy groups -OCH3 is 2. The van der Waals surface area contributed by atoms with E-state index < -0.39 is 0 Å². The van der Waals surface area contributed by atoms with Gasteiger partial charge in [0.05, 0.1) is 25.3 Å². The van der Waals surface area contributed by atoms with Crippen LogP contribution < -0.4 is 9.64 Å². The van der Waals surface area contributed by atoms with Crippen LogP contribution in [0.3, 0.4) is 0 Å². The van der Waals surface area contributed by atoms with Crippen LogP contribution in [-0.2, 0) is 11.2 Å². The molecular weight excluding hydrogens is 316 g/mol. The fourth-order valence-electron chi connectivity index (χ4n) is 3.21. The molecule has 1 aromatic heterocycles. The van der Waals surface area contributed by atoms with Gasteiger partial charge >= 0.3 is 5.97 Å². The van der Waals surface area contributed by atoms with E-state index in [4.69, 9.17) is 14.5 Å². The molecule has 2 heterocycles. The van der Waals surface area contributed by atoms with Crippen LogP contribution in [0.5, 0.6) is 5.75 Å². The van der Waals surface area contributed by atoms with Crippen LogP contribution >= 0.6 is 0 Å². The highest BCUT2D eigenvalue weighted by atomic mass is 16.5. The van der Waals surface area contributed by atoms with Crippen molar-refractivity contribution in [2.75, 3.05) is 25.7 Å². The van der Waals surface area contributed by atoms with Crippen molar-refractivity contribution < 1.29 is 14.3 Å². The molecular formula is C20H18N2O3. The first kappa shape index (κ1) is 15.4. The van der Waals surface area contributed by atoms with E-state index in [2.05, 4.69) is 11.0 Å². The van der Waals surface area contributed by atoms with Gasteiger partial charge in [0.25, 0.3) is 0 Å². The smallest absolute Gasteiger partial charge is 0.337 e. The summed E-state index contributed by atoms with van der Waals surface area (Å²) in [5, 5.41) is 1.11. The number of nitrogens with zero attached hydrogens (tertiary/aromatic N) is 2. The predicted octanol–water partition coefficient (Wildman–Crippen LogP) is 3.72. The predicted molar refractivity (Wildman–Crippen MR) is 96.8 cm³/mol. The van der Waals surface area contributed by atoms with E-state index in [-0.39, 0.29) is 5.97 Å². The van der Waals surface area contributed by atoms with Crippen LogP contribution in [-0.4, -0.2) is 31.7 Å². The molecule has 0 amide bonds. The second-order valence-electron chi connectivity index (χ2n) is 5.97. The molecule has 4 rings (SSSR count). The number of rotatable bonds is 3. The van der Waals surface area contributed by atoms with Gasteiger partial charge in [-0.3, -0.25) is 0 Å². The first-order chi connectivity index (χ1) is 12.2. The molecule has 1 aliphatic rings. The molecule has 3 aromatic rings. The second-order valence-corrected chi connectivity index (χ2v) is 5.97. The number of fused-ring (bicyclic) bond motifs is 2. The molecule has 25 heavy (non-hydrogen) atoms. The Kier molecular flexibility index (Phi) is 3.76. The lowest BCUT2D eigenvalue weighted by Crippen LogP contribution is -2.14. The highest BCUT2D eigenvalue weighted by molar-refractivity contribution is 5.90. The Hall–Kier alpha value is -3.08. The van der Waals surface area contributed by atoms with Crippen LogP contribution in [0.2, 0.25) is 0 Å². The standard InChI is InChI=1S/C20H18N2O3/c1-24-17-8-5-14-11-15-9-10-22(19(15)21-18(14)12-17)16-6-3-13(4-7-16)20(23)25-2/h3-8,11-12H,9-10H2,1-2H3. The topological polar surface area (TPSA) is 51.7 Å². The van der Waals surface area contributed by atoms with Crippen LogP contribution in [0.4, 0.5) is 11.5 Å². The highest BCUT2D eigenvalue weighted by Crippen LogP contribution is 2.35. The molecule has 0 N–H and O–H groups in total. The summed E-state index contributed by atoms with van der Waals surface area (Å²) in [5.74, 6) is 1.43. The minimum atomic E-state index is -0.329. The molecule has 0 saturated carbocycles. The summed E-state index contributed by atoms with van der Waals surface area (Å²) < 4.78 is 10.1. The van der Waals surface area contributed by atoms with Crippen LogP contribution in [0.25, 0.3) is 10.9 Å². The van der Waals surface area contributed by atoms with E-state index >= 15 is 0 Å². The van der Waals surface area contributed by atoms with Gasteiger partial charge < -0.3 is 14.4 Å². The number of ether oxygens (including phenoxy) is 2. The van der Waals surface area contributed by atoms with Gasteiger partial charge in [0.1, 0.15) is 11.6 Å².